The smallest absolute Gasteiger partial charge is 0.0537 e. The van der Waals surface area contributed by atoms with E-state index in [2.05, 4.69) is 109 Å². The fraction of sp³-hybridized carbons (Fsp3) is 0.143. The van der Waals surface area contributed by atoms with Crippen LogP contribution in [0.25, 0.3) is 60.0 Å². The number of allylic oxidation sites excluding steroid dienone is 4. The maximum absolute atomic E-state index is 4.17. The average molecular weight is 487 g/mol. The molecule has 1 aromatic carbocycles. The van der Waals surface area contributed by atoms with Gasteiger partial charge in [-0.1, -0.05) is 74.9 Å². The van der Waals surface area contributed by atoms with Gasteiger partial charge in [-0.05, 0) is 82.7 Å². The van der Waals surface area contributed by atoms with Crippen LogP contribution in [0.3, 0.4) is 0 Å². The molecule has 0 aliphatic carbocycles. The maximum Gasteiger partial charge on any atom is 0.0537 e. The first-order valence-electron chi connectivity index (χ1n) is 12.7. The first kappa shape index (κ1) is 27.3. The first-order valence-corrected chi connectivity index (χ1v) is 12.7. The molecule has 2 heterocycles. The Morgan fingerprint density at radius 2 is 0.865 bits per heavy atom. The predicted molar refractivity (Wildman–Crippen MR) is 169 cm³/mol. The van der Waals surface area contributed by atoms with Crippen LogP contribution >= 0.6 is 0 Å². The molecule has 0 saturated heterocycles. The van der Waals surface area contributed by atoms with Crippen molar-refractivity contribution in [3.8, 4) is 11.4 Å². The minimum absolute atomic E-state index is 1.03. The van der Waals surface area contributed by atoms with Gasteiger partial charge in [0.05, 0.1) is 22.8 Å². The second-order valence-electron chi connectivity index (χ2n) is 8.71. The summed E-state index contributed by atoms with van der Waals surface area (Å²) >= 11 is 0. The Kier molecular flexibility index (Phi) is 8.92. The van der Waals surface area contributed by atoms with Gasteiger partial charge in [0.2, 0.25) is 0 Å². The largest absolute Gasteiger partial charge is 0.309 e. The molecule has 0 atom stereocenters. The van der Waals surface area contributed by atoms with Gasteiger partial charge in [-0.2, -0.15) is 0 Å². The van der Waals surface area contributed by atoms with E-state index >= 15 is 0 Å². The number of aromatic nitrogens is 2. The summed E-state index contributed by atoms with van der Waals surface area (Å²) in [5, 5.41) is 0. The summed E-state index contributed by atoms with van der Waals surface area (Å²) in [7, 11) is 0. The number of nitrogens with zero attached hydrogens (tertiary/aromatic N) is 2. The Labute approximate surface area is 223 Å². The van der Waals surface area contributed by atoms with Gasteiger partial charge in [0.1, 0.15) is 0 Å². The van der Waals surface area contributed by atoms with Crippen molar-refractivity contribution in [2.24, 2.45) is 0 Å². The van der Waals surface area contributed by atoms with E-state index in [4.69, 9.17) is 0 Å². The zero-order valence-corrected chi connectivity index (χ0v) is 22.9. The highest BCUT2D eigenvalue weighted by Crippen LogP contribution is 2.35. The first-order chi connectivity index (χ1) is 17.9. The van der Waals surface area contributed by atoms with E-state index in [1.165, 1.54) is 0 Å². The summed E-state index contributed by atoms with van der Waals surface area (Å²) in [5.74, 6) is 0. The molecular formula is C35H38N2. The van der Waals surface area contributed by atoms with E-state index < -0.39 is 0 Å². The molecule has 2 aromatic heterocycles. The van der Waals surface area contributed by atoms with E-state index in [1.807, 2.05) is 52.0 Å². The molecule has 0 spiro atoms. The van der Waals surface area contributed by atoms with Crippen molar-refractivity contribution in [1.29, 1.82) is 0 Å². The summed E-state index contributed by atoms with van der Waals surface area (Å²) in [6, 6.07) is 6.65. The third-order valence-electron chi connectivity index (χ3n) is 6.32. The van der Waals surface area contributed by atoms with Crippen LogP contribution in [0.4, 0.5) is 0 Å². The molecule has 0 unspecified atom stereocenters. The van der Waals surface area contributed by atoms with E-state index in [0.717, 1.165) is 62.0 Å². The lowest BCUT2D eigenvalue weighted by molar-refractivity contribution is 1.00. The molecule has 2 nitrogen and oxygen atoms in total. The summed E-state index contributed by atoms with van der Waals surface area (Å²) in [6.07, 6.45) is 24.5. The third-order valence-corrected chi connectivity index (χ3v) is 6.32. The zero-order valence-electron chi connectivity index (χ0n) is 22.9. The van der Waals surface area contributed by atoms with Crippen molar-refractivity contribution in [3.05, 3.63) is 119 Å². The Morgan fingerprint density at radius 3 is 1.19 bits per heavy atom. The van der Waals surface area contributed by atoms with Crippen molar-refractivity contribution in [2.75, 3.05) is 0 Å². The quantitative estimate of drug-likeness (QED) is 0.270. The van der Waals surface area contributed by atoms with Crippen LogP contribution in [-0.4, -0.2) is 9.13 Å². The van der Waals surface area contributed by atoms with Gasteiger partial charge in [0.25, 0.3) is 0 Å². The zero-order chi connectivity index (χ0) is 27.1. The summed E-state index contributed by atoms with van der Waals surface area (Å²) < 4.78 is 4.53. The topological polar surface area (TPSA) is 9.86 Å². The lowest BCUT2D eigenvalue weighted by Crippen LogP contribution is -2.05. The molecule has 2 heteroatoms. The van der Waals surface area contributed by atoms with Crippen molar-refractivity contribution >= 4 is 48.6 Å². The van der Waals surface area contributed by atoms with Gasteiger partial charge in [-0.15, -0.1) is 0 Å². The molecule has 0 fully saturated rings. The fourth-order valence-electron chi connectivity index (χ4n) is 5.01. The SMILES string of the molecule is C=Cc1c(C=C)c(/C=C\C)n(-c2cc(C)cc(-n3c(C=C)c(/C=C\C)c(/C=C\C)c3C=C)c2)c1/C=C\C. The highest BCUT2D eigenvalue weighted by atomic mass is 15.0. The number of hydrogen-bond acceptors (Lipinski definition) is 0. The molecule has 3 rings (SSSR count). The van der Waals surface area contributed by atoms with Gasteiger partial charge in [-0.3, -0.25) is 0 Å². The number of aryl methyl sites for hydroxylation is 1. The third kappa shape index (κ3) is 4.88. The van der Waals surface area contributed by atoms with E-state index in [-0.39, 0.29) is 0 Å². The second-order valence-corrected chi connectivity index (χ2v) is 8.71. The van der Waals surface area contributed by atoms with Crippen molar-refractivity contribution in [1.82, 2.24) is 9.13 Å². The highest BCUT2D eigenvalue weighted by Gasteiger charge is 2.21. The van der Waals surface area contributed by atoms with Crippen molar-refractivity contribution in [3.63, 3.8) is 0 Å². The Bertz CT molecular complexity index is 1390. The Balaban J connectivity index is 2.51. The standard InChI is InChI=1S/C35H38N2/c1-10-18-30-31(19-11-2)33(17-8)36(32(30)16-7)26-22-25(9)23-27(24-26)37-34(20-12-3)28(14-5)29(15-6)35(37)21-13-4/h10-24H,5-8H2,1-4,9H3/b18-10-,19-11-,20-12-,21-13-. The van der Waals surface area contributed by atoms with Crippen LogP contribution < -0.4 is 0 Å². The minimum Gasteiger partial charge on any atom is -0.309 e. The van der Waals surface area contributed by atoms with Gasteiger partial charge in [0.15, 0.2) is 0 Å². The second kappa shape index (κ2) is 12.1. The summed E-state index contributed by atoms with van der Waals surface area (Å²) in [4.78, 5) is 0. The molecule has 0 aliphatic heterocycles. The van der Waals surface area contributed by atoms with Crippen LogP contribution in [-0.2, 0) is 0 Å². The highest BCUT2D eigenvalue weighted by molar-refractivity contribution is 5.82. The van der Waals surface area contributed by atoms with Crippen molar-refractivity contribution in [2.45, 2.75) is 34.6 Å². The molecule has 3 aromatic rings. The number of rotatable bonds is 10. The van der Waals surface area contributed by atoms with Crippen LogP contribution in [0.1, 0.15) is 78.3 Å². The average Bonchev–Trinajstić information content (AvgIpc) is 3.35. The lowest BCUT2D eigenvalue weighted by Gasteiger charge is -2.17. The van der Waals surface area contributed by atoms with Gasteiger partial charge < -0.3 is 9.13 Å². The number of hydrogen-bond donors (Lipinski definition) is 0. The molecule has 0 radical (unpaired) electrons. The fourth-order valence-corrected chi connectivity index (χ4v) is 5.01. The monoisotopic (exact) mass is 486 g/mol. The minimum atomic E-state index is 1.03. The lowest BCUT2D eigenvalue weighted by atomic mass is 10.1. The van der Waals surface area contributed by atoms with Crippen LogP contribution in [0.5, 0.6) is 0 Å². The normalized spacial score (nSPS) is 11.9. The van der Waals surface area contributed by atoms with Gasteiger partial charge >= 0.3 is 0 Å². The summed E-state index contributed by atoms with van der Waals surface area (Å²) in [6.45, 7) is 26.8. The molecular weight excluding hydrogens is 448 g/mol. The van der Waals surface area contributed by atoms with Gasteiger partial charge in [0, 0.05) is 33.6 Å². The Morgan fingerprint density at radius 1 is 0.486 bits per heavy atom. The number of benzene rings is 1. The molecule has 0 saturated carbocycles. The van der Waals surface area contributed by atoms with Crippen LogP contribution in [0.15, 0.2) is 68.8 Å². The van der Waals surface area contributed by atoms with E-state index in [1.54, 1.807) is 0 Å². The molecule has 188 valence electrons. The molecule has 0 amide bonds. The van der Waals surface area contributed by atoms with Crippen LogP contribution in [0.2, 0.25) is 0 Å². The molecule has 37 heavy (non-hydrogen) atoms. The molecule has 0 aliphatic rings. The summed E-state index contributed by atoms with van der Waals surface area (Å²) in [5.41, 5.74) is 11.9. The molecule has 0 N–H and O–H groups in total. The van der Waals surface area contributed by atoms with Crippen LogP contribution in [0, 0.1) is 6.92 Å². The van der Waals surface area contributed by atoms with Crippen molar-refractivity contribution < 1.29 is 0 Å². The Hall–Kier alpha value is -4.30. The maximum atomic E-state index is 4.17. The van der Waals surface area contributed by atoms with Gasteiger partial charge in [-0.25, -0.2) is 0 Å². The molecule has 0 bridgehead atoms. The predicted octanol–water partition coefficient (Wildman–Crippen LogP) is 10.3. The van der Waals surface area contributed by atoms with E-state index in [0.29, 0.717) is 0 Å². The van der Waals surface area contributed by atoms with E-state index in [9.17, 15) is 0 Å².